The van der Waals surface area contributed by atoms with E-state index in [4.69, 9.17) is 0 Å². The maximum atomic E-state index is 11.4. The van der Waals surface area contributed by atoms with Crippen molar-refractivity contribution in [1.82, 2.24) is 0 Å². The van der Waals surface area contributed by atoms with Crippen LogP contribution < -0.4 is 9.80 Å². The number of fused-ring (bicyclic) bond motifs is 1. The fourth-order valence-electron chi connectivity index (χ4n) is 3.04. The van der Waals surface area contributed by atoms with Crippen LogP contribution in [0.3, 0.4) is 0 Å². The standard InChI is InChI=1S/C19H26N2O/c1-5-12-20(3)17-9-7-8-16-15(14-22)10-11-18(19(16)17)21(4)13-6-2/h7-11,14H,5-6,12-13H2,1-4H3. The summed E-state index contributed by atoms with van der Waals surface area (Å²) in [6.07, 6.45) is 3.15. The lowest BCUT2D eigenvalue weighted by Gasteiger charge is -2.26. The fraction of sp³-hybridized carbons (Fsp3) is 0.421. The summed E-state index contributed by atoms with van der Waals surface area (Å²) in [5, 5.41) is 2.22. The summed E-state index contributed by atoms with van der Waals surface area (Å²) < 4.78 is 0. The number of hydrogen-bond acceptors (Lipinski definition) is 3. The topological polar surface area (TPSA) is 23.6 Å². The van der Waals surface area contributed by atoms with Gasteiger partial charge in [-0.25, -0.2) is 0 Å². The summed E-state index contributed by atoms with van der Waals surface area (Å²) in [5.41, 5.74) is 3.15. The van der Waals surface area contributed by atoms with E-state index in [1.807, 2.05) is 18.2 Å². The zero-order valence-electron chi connectivity index (χ0n) is 14.1. The molecule has 0 amide bonds. The van der Waals surface area contributed by atoms with E-state index < -0.39 is 0 Å². The number of hydrogen-bond donors (Lipinski definition) is 0. The van der Waals surface area contributed by atoms with Gasteiger partial charge in [0, 0.05) is 49.5 Å². The molecule has 0 saturated carbocycles. The minimum atomic E-state index is 0.760. The van der Waals surface area contributed by atoms with Gasteiger partial charge in [-0.1, -0.05) is 26.0 Å². The molecule has 0 fully saturated rings. The van der Waals surface area contributed by atoms with Crippen LogP contribution in [0.4, 0.5) is 11.4 Å². The van der Waals surface area contributed by atoms with Gasteiger partial charge >= 0.3 is 0 Å². The van der Waals surface area contributed by atoms with Gasteiger partial charge in [0.25, 0.3) is 0 Å². The predicted octanol–water partition coefficient (Wildman–Crippen LogP) is 4.34. The molecule has 2 aromatic rings. The Balaban J connectivity index is 2.71. The van der Waals surface area contributed by atoms with Gasteiger partial charge in [0.2, 0.25) is 0 Å². The van der Waals surface area contributed by atoms with Gasteiger partial charge in [-0.05, 0) is 36.4 Å². The largest absolute Gasteiger partial charge is 0.374 e. The van der Waals surface area contributed by atoms with Gasteiger partial charge in [-0.15, -0.1) is 0 Å². The SMILES string of the molecule is CCCN(C)c1cccc2c(C=O)ccc(N(C)CCC)c12. The number of carbonyl (C=O) groups is 1. The van der Waals surface area contributed by atoms with E-state index in [0.717, 1.165) is 43.2 Å². The number of nitrogens with zero attached hydrogens (tertiary/aromatic N) is 2. The first-order valence-corrected chi connectivity index (χ1v) is 8.07. The van der Waals surface area contributed by atoms with Crippen molar-refractivity contribution in [3.63, 3.8) is 0 Å². The molecule has 0 aliphatic carbocycles. The first-order chi connectivity index (χ1) is 10.6. The van der Waals surface area contributed by atoms with Crippen LogP contribution in [0.2, 0.25) is 0 Å². The molecule has 0 spiro atoms. The monoisotopic (exact) mass is 298 g/mol. The van der Waals surface area contributed by atoms with Crippen LogP contribution in [0.1, 0.15) is 37.0 Å². The van der Waals surface area contributed by atoms with Crippen molar-refractivity contribution in [2.75, 3.05) is 37.0 Å². The molecule has 0 unspecified atom stereocenters. The molecule has 0 aliphatic heterocycles. The van der Waals surface area contributed by atoms with Crippen molar-refractivity contribution in [2.45, 2.75) is 26.7 Å². The second-order valence-corrected chi connectivity index (χ2v) is 5.83. The molecule has 0 aliphatic rings. The second-order valence-electron chi connectivity index (χ2n) is 5.83. The van der Waals surface area contributed by atoms with Crippen molar-refractivity contribution >= 4 is 28.4 Å². The van der Waals surface area contributed by atoms with Crippen LogP contribution in [0.25, 0.3) is 10.8 Å². The van der Waals surface area contributed by atoms with Crippen molar-refractivity contribution in [3.05, 3.63) is 35.9 Å². The Kier molecular flexibility index (Phi) is 5.42. The highest BCUT2D eigenvalue weighted by molar-refractivity contribution is 6.10. The summed E-state index contributed by atoms with van der Waals surface area (Å²) in [4.78, 5) is 16.0. The molecule has 2 aromatic carbocycles. The van der Waals surface area contributed by atoms with Gasteiger partial charge < -0.3 is 9.80 Å². The molecular weight excluding hydrogens is 272 g/mol. The Bertz CT molecular complexity index is 633. The molecule has 0 bridgehead atoms. The number of carbonyl (C=O) groups excluding carboxylic acids is 1. The third-order valence-electron chi connectivity index (χ3n) is 4.10. The van der Waals surface area contributed by atoms with Gasteiger partial charge in [-0.3, -0.25) is 4.79 Å². The van der Waals surface area contributed by atoms with Crippen molar-refractivity contribution in [2.24, 2.45) is 0 Å². The third-order valence-corrected chi connectivity index (χ3v) is 4.10. The smallest absolute Gasteiger partial charge is 0.150 e. The third kappa shape index (κ3) is 3.08. The lowest BCUT2D eigenvalue weighted by molar-refractivity contribution is 0.112. The van der Waals surface area contributed by atoms with Gasteiger partial charge in [-0.2, -0.15) is 0 Å². The predicted molar refractivity (Wildman–Crippen MR) is 96.5 cm³/mol. The van der Waals surface area contributed by atoms with Gasteiger partial charge in [0.1, 0.15) is 0 Å². The summed E-state index contributed by atoms with van der Waals surface area (Å²) in [7, 11) is 4.24. The van der Waals surface area contributed by atoms with E-state index in [9.17, 15) is 4.79 Å². The first kappa shape index (κ1) is 16.3. The molecular formula is C19H26N2O. The number of benzene rings is 2. The Labute approximate surface area is 133 Å². The molecule has 0 aromatic heterocycles. The molecule has 0 N–H and O–H groups in total. The molecule has 2 rings (SSSR count). The number of anilines is 2. The normalized spacial score (nSPS) is 10.7. The Morgan fingerprint density at radius 3 is 2.05 bits per heavy atom. The van der Waals surface area contributed by atoms with Crippen LogP contribution in [-0.2, 0) is 0 Å². The molecule has 118 valence electrons. The number of rotatable bonds is 7. The molecule has 3 heteroatoms. The Morgan fingerprint density at radius 2 is 1.50 bits per heavy atom. The first-order valence-electron chi connectivity index (χ1n) is 8.07. The molecule has 0 saturated heterocycles. The van der Waals surface area contributed by atoms with E-state index in [1.165, 1.54) is 16.8 Å². The maximum absolute atomic E-state index is 11.4. The van der Waals surface area contributed by atoms with Crippen molar-refractivity contribution < 1.29 is 4.79 Å². The minimum absolute atomic E-state index is 0.760. The zero-order valence-corrected chi connectivity index (χ0v) is 14.1. The zero-order chi connectivity index (χ0) is 16.1. The van der Waals surface area contributed by atoms with E-state index in [0.29, 0.717) is 0 Å². The average molecular weight is 298 g/mol. The lowest BCUT2D eigenvalue weighted by atomic mass is 10.0. The quantitative estimate of drug-likeness (QED) is 0.710. The van der Waals surface area contributed by atoms with Crippen LogP contribution >= 0.6 is 0 Å². The second kappa shape index (κ2) is 7.30. The average Bonchev–Trinajstić information content (AvgIpc) is 2.53. The fourth-order valence-corrected chi connectivity index (χ4v) is 3.04. The van der Waals surface area contributed by atoms with E-state index in [-0.39, 0.29) is 0 Å². The Hall–Kier alpha value is -2.03. The molecule has 0 atom stereocenters. The summed E-state index contributed by atoms with van der Waals surface area (Å²) >= 11 is 0. The number of aldehydes is 1. The molecule has 3 nitrogen and oxygen atoms in total. The van der Waals surface area contributed by atoms with Crippen LogP contribution in [0, 0.1) is 0 Å². The minimum Gasteiger partial charge on any atom is -0.374 e. The van der Waals surface area contributed by atoms with Gasteiger partial charge in [0.15, 0.2) is 6.29 Å². The summed E-state index contributed by atoms with van der Waals surface area (Å²) in [6.45, 7) is 6.37. The molecule has 0 radical (unpaired) electrons. The van der Waals surface area contributed by atoms with Crippen LogP contribution in [-0.4, -0.2) is 33.5 Å². The lowest BCUT2D eigenvalue weighted by Crippen LogP contribution is -2.21. The highest BCUT2D eigenvalue weighted by atomic mass is 16.1. The van der Waals surface area contributed by atoms with E-state index >= 15 is 0 Å². The van der Waals surface area contributed by atoms with Crippen LogP contribution in [0.5, 0.6) is 0 Å². The molecule has 0 heterocycles. The van der Waals surface area contributed by atoms with E-state index in [1.54, 1.807) is 0 Å². The summed E-state index contributed by atoms with van der Waals surface area (Å²) in [6, 6.07) is 10.2. The summed E-state index contributed by atoms with van der Waals surface area (Å²) in [5.74, 6) is 0. The van der Waals surface area contributed by atoms with Crippen molar-refractivity contribution in [3.8, 4) is 0 Å². The highest BCUT2D eigenvalue weighted by Gasteiger charge is 2.14. The highest BCUT2D eigenvalue weighted by Crippen LogP contribution is 2.36. The Morgan fingerprint density at radius 1 is 0.909 bits per heavy atom. The van der Waals surface area contributed by atoms with E-state index in [2.05, 4.69) is 49.9 Å². The molecule has 22 heavy (non-hydrogen) atoms. The van der Waals surface area contributed by atoms with Crippen molar-refractivity contribution in [1.29, 1.82) is 0 Å². The maximum Gasteiger partial charge on any atom is 0.150 e. The van der Waals surface area contributed by atoms with Gasteiger partial charge in [0.05, 0.1) is 0 Å². The van der Waals surface area contributed by atoms with Crippen LogP contribution in [0.15, 0.2) is 30.3 Å².